The summed E-state index contributed by atoms with van der Waals surface area (Å²) in [6.45, 7) is 3.75. The van der Waals surface area contributed by atoms with E-state index in [0.29, 0.717) is 39.7 Å². The number of likely N-dealkylation sites (tertiary alicyclic amines) is 1. The van der Waals surface area contributed by atoms with E-state index in [2.05, 4.69) is 41.1 Å². The number of para-hydroxylation sites is 1. The zero-order chi connectivity index (χ0) is 32.4. The van der Waals surface area contributed by atoms with Gasteiger partial charge in [0.15, 0.2) is 0 Å². The van der Waals surface area contributed by atoms with E-state index in [1.165, 1.54) is 14.5 Å². The molecule has 242 valence electrons. The van der Waals surface area contributed by atoms with Crippen molar-refractivity contribution in [3.05, 3.63) is 96.3 Å². The van der Waals surface area contributed by atoms with Crippen LogP contribution in [0.15, 0.2) is 96.2 Å². The number of hydrogen-bond donors (Lipinski definition) is 4. The summed E-state index contributed by atoms with van der Waals surface area (Å²) in [4.78, 5) is 24.4. The second kappa shape index (κ2) is 13.8. The fraction of sp³-hybridized carbons (Fsp3) is 0.242. The molecule has 47 heavy (non-hydrogen) atoms. The molecule has 2 aliphatic heterocycles. The number of fused-ring (bicyclic) bond motifs is 1. The van der Waals surface area contributed by atoms with Gasteiger partial charge in [-0.05, 0) is 18.2 Å². The van der Waals surface area contributed by atoms with Gasteiger partial charge in [-0.15, -0.1) is 0 Å². The van der Waals surface area contributed by atoms with E-state index in [1.807, 2.05) is 24.3 Å². The Hall–Kier alpha value is -3.77. The van der Waals surface area contributed by atoms with Crippen molar-refractivity contribution in [3.8, 4) is 11.3 Å². The molecular formula is C33H34AsClN8O3S. The van der Waals surface area contributed by atoms with Gasteiger partial charge in [-0.3, -0.25) is 0 Å². The molecule has 0 spiro atoms. The number of anilines is 2. The Morgan fingerprint density at radius 3 is 2.53 bits per heavy atom. The van der Waals surface area contributed by atoms with Gasteiger partial charge in [-0.2, -0.15) is 0 Å². The van der Waals surface area contributed by atoms with E-state index in [-0.39, 0.29) is 23.4 Å². The predicted molar refractivity (Wildman–Crippen MR) is 187 cm³/mol. The van der Waals surface area contributed by atoms with Crippen molar-refractivity contribution in [2.75, 3.05) is 43.4 Å². The van der Waals surface area contributed by atoms with E-state index < -0.39 is 25.1 Å². The third-order valence-corrected chi connectivity index (χ3v) is 14.2. The number of nitrogens with one attached hydrogen (secondary N) is 4. The molecule has 2 aliphatic rings. The summed E-state index contributed by atoms with van der Waals surface area (Å²) in [7, 11) is -3.87. The van der Waals surface area contributed by atoms with Crippen LogP contribution >= 0.6 is 11.6 Å². The van der Waals surface area contributed by atoms with Crippen LogP contribution in [0.1, 0.15) is 12.8 Å². The van der Waals surface area contributed by atoms with E-state index in [0.717, 1.165) is 38.2 Å². The van der Waals surface area contributed by atoms with E-state index in [1.54, 1.807) is 48.7 Å². The number of aromatic nitrogens is 3. The number of amides is 1. The van der Waals surface area contributed by atoms with Gasteiger partial charge in [0.1, 0.15) is 0 Å². The van der Waals surface area contributed by atoms with Crippen molar-refractivity contribution < 1.29 is 13.2 Å². The molecule has 5 aromatic rings. The normalized spacial score (nSPS) is 17.6. The Morgan fingerprint density at radius 1 is 1.00 bits per heavy atom. The van der Waals surface area contributed by atoms with E-state index >= 15 is 0 Å². The number of carbonyl (C=O) groups excluding carboxylic acids is 1. The van der Waals surface area contributed by atoms with Crippen molar-refractivity contribution >= 4 is 69.5 Å². The van der Waals surface area contributed by atoms with Crippen LogP contribution in [0.25, 0.3) is 22.2 Å². The van der Waals surface area contributed by atoms with Crippen molar-refractivity contribution in [1.29, 1.82) is 0 Å². The maximum absolute atomic E-state index is 13.6. The molecule has 11 nitrogen and oxygen atoms in total. The number of hydrogen-bond acceptors (Lipinski definition) is 9. The number of nitrogens with zero attached hydrogens (tertiary/aromatic N) is 4. The average molecular weight is 733 g/mol. The summed E-state index contributed by atoms with van der Waals surface area (Å²) in [5.41, 5.74) is 2.34. The van der Waals surface area contributed by atoms with Crippen LogP contribution in [0.3, 0.4) is 0 Å². The van der Waals surface area contributed by atoms with Gasteiger partial charge in [0, 0.05) is 17.1 Å². The molecular weight excluding hydrogens is 699 g/mol. The van der Waals surface area contributed by atoms with Crippen LogP contribution in [-0.2, 0) is 14.8 Å². The number of piperidine rings is 1. The minimum absolute atomic E-state index is 0.0151. The topological polar surface area (TPSA) is 133 Å². The fourth-order valence-corrected chi connectivity index (χ4v) is 11.0. The first-order valence-electron chi connectivity index (χ1n) is 15.4. The molecule has 3 aromatic carbocycles. The quantitative estimate of drug-likeness (QED) is 0.169. The first kappa shape index (κ1) is 31.8. The standard InChI is InChI=1S/C33H34AsClN8O3S/c35-29-19-36-33(41-32(29)28-21-43(30-11-5-4-10-27(28)30)47(45,46)26-8-2-1-3-9-26)40-25-7-6-18-42(20-25)22-31(44)39-24-14-12-23(13-15-24)34-37-16-17-38-34/h1-5,8-15,19,21,25,37-38H,6-7,16-18,20,22H2,(H,39,44)(H,36,40,41)/t25-/m1/s1. The van der Waals surface area contributed by atoms with Crippen LogP contribution in [0.4, 0.5) is 11.6 Å². The van der Waals surface area contributed by atoms with Crippen LogP contribution in [0, 0.1) is 0 Å². The first-order valence-corrected chi connectivity index (χ1v) is 20.1. The Balaban J connectivity index is 1.05. The van der Waals surface area contributed by atoms with Crippen molar-refractivity contribution in [2.45, 2.75) is 23.8 Å². The van der Waals surface area contributed by atoms with Gasteiger partial charge in [-0.1, -0.05) is 48.0 Å². The van der Waals surface area contributed by atoms with Crippen LogP contribution in [0.2, 0.25) is 5.02 Å². The molecule has 1 amide bonds. The monoisotopic (exact) mass is 732 g/mol. The third-order valence-electron chi connectivity index (χ3n) is 8.26. The first-order chi connectivity index (χ1) is 22.8. The Labute approximate surface area is 283 Å². The Bertz CT molecular complexity index is 2000. The van der Waals surface area contributed by atoms with Crippen LogP contribution in [-0.4, -0.2) is 87.0 Å². The van der Waals surface area contributed by atoms with E-state index in [4.69, 9.17) is 16.6 Å². The number of benzene rings is 3. The average Bonchev–Trinajstić information content (AvgIpc) is 3.76. The van der Waals surface area contributed by atoms with E-state index in [9.17, 15) is 13.2 Å². The molecule has 2 fully saturated rings. The summed E-state index contributed by atoms with van der Waals surface area (Å²) < 4.78 is 36.9. The SMILES string of the molecule is O=C(CN1CCC[C@@H](Nc2ncc(Cl)c(-c3cn(S(=O)(=O)c4ccccc4)c4ccccc34)n2)C1)Nc1ccc([As]2NCCN2)cc1. The van der Waals surface area contributed by atoms with Crippen molar-refractivity contribution in [1.82, 2.24) is 27.3 Å². The number of rotatable bonds is 9. The number of carbonyl (C=O) groups is 1. The molecule has 14 heteroatoms. The zero-order valence-electron chi connectivity index (χ0n) is 25.4. The molecule has 7 rings (SSSR count). The minimum atomic E-state index is -3.87. The summed E-state index contributed by atoms with van der Waals surface area (Å²) in [6, 6.07) is 23.7. The van der Waals surface area contributed by atoms with Crippen molar-refractivity contribution in [3.63, 3.8) is 0 Å². The molecule has 0 saturated carbocycles. The van der Waals surface area contributed by atoms with Gasteiger partial charge >= 0.3 is 142 Å². The fourth-order valence-electron chi connectivity index (χ4n) is 6.04. The molecule has 0 bridgehead atoms. The molecule has 0 aliphatic carbocycles. The summed E-state index contributed by atoms with van der Waals surface area (Å²) in [5, 5.41) is 7.47. The third kappa shape index (κ3) is 6.94. The van der Waals surface area contributed by atoms with Crippen LogP contribution in [0.5, 0.6) is 0 Å². The number of halogens is 1. The van der Waals surface area contributed by atoms with Crippen LogP contribution < -0.4 is 23.5 Å². The summed E-state index contributed by atoms with van der Waals surface area (Å²) >= 11 is 5.28. The Morgan fingerprint density at radius 2 is 1.74 bits per heavy atom. The summed E-state index contributed by atoms with van der Waals surface area (Å²) in [6.07, 6.45) is 4.91. The van der Waals surface area contributed by atoms with Gasteiger partial charge in [-0.25, -0.2) is 22.4 Å². The zero-order valence-corrected chi connectivity index (χ0v) is 28.9. The Kier molecular flexibility index (Phi) is 9.31. The summed E-state index contributed by atoms with van der Waals surface area (Å²) in [5.74, 6) is 0.332. The second-order valence-corrected chi connectivity index (χ2v) is 17.6. The second-order valence-electron chi connectivity index (χ2n) is 11.5. The van der Waals surface area contributed by atoms with Gasteiger partial charge < -0.3 is 0 Å². The van der Waals surface area contributed by atoms with Gasteiger partial charge in [0.25, 0.3) is 10.0 Å². The molecule has 0 unspecified atom stereocenters. The van der Waals surface area contributed by atoms with Gasteiger partial charge in [0.05, 0.1) is 27.3 Å². The van der Waals surface area contributed by atoms with Gasteiger partial charge in [0.2, 0.25) is 0 Å². The molecule has 2 aromatic heterocycles. The van der Waals surface area contributed by atoms with Crippen molar-refractivity contribution in [2.24, 2.45) is 0 Å². The predicted octanol–water partition coefficient (Wildman–Crippen LogP) is 3.39. The molecule has 0 radical (unpaired) electrons. The molecule has 2 saturated heterocycles. The maximum atomic E-state index is 13.6. The molecule has 4 heterocycles. The molecule has 4 N–H and O–H groups in total. The molecule has 1 atom stereocenters.